The van der Waals surface area contributed by atoms with Crippen molar-refractivity contribution in [3.8, 4) is 17.2 Å². The van der Waals surface area contributed by atoms with Crippen LogP contribution in [0.3, 0.4) is 0 Å². The van der Waals surface area contributed by atoms with Gasteiger partial charge in [-0.3, -0.25) is 0 Å². The number of rotatable bonds is 10. The molecule has 0 bridgehead atoms. The fourth-order valence-electron chi connectivity index (χ4n) is 2.27. The van der Waals surface area contributed by atoms with Crippen LogP contribution in [0.2, 0.25) is 10.0 Å². The predicted octanol–water partition coefficient (Wildman–Crippen LogP) is 7.12. The van der Waals surface area contributed by atoms with Crippen LogP contribution in [0.4, 0.5) is 4.39 Å². The van der Waals surface area contributed by atoms with Gasteiger partial charge in [0.25, 0.3) is 0 Å². The third kappa shape index (κ3) is 7.99. The van der Waals surface area contributed by atoms with Crippen LogP contribution in [-0.4, -0.2) is 19.8 Å². The van der Waals surface area contributed by atoms with Crippen molar-refractivity contribution in [1.29, 1.82) is 0 Å². The van der Waals surface area contributed by atoms with E-state index >= 15 is 0 Å². The summed E-state index contributed by atoms with van der Waals surface area (Å²) in [6, 6.07) is 10.7. The van der Waals surface area contributed by atoms with Gasteiger partial charge in [-0.05, 0) is 77.7 Å². The molecule has 0 spiro atoms. The van der Waals surface area contributed by atoms with Crippen LogP contribution in [0.15, 0.2) is 47.2 Å². The van der Waals surface area contributed by atoms with Crippen molar-refractivity contribution in [3.05, 3.63) is 62.8 Å². The van der Waals surface area contributed by atoms with E-state index in [-0.39, 0.29) is 6.61 Å². The van der Waals surface area contributed by atoms with Crippen LogP contribution < -0.4 is 14.2 Å². The lowest BCUT2D eigenvalue weighted by Crippen LogP contribution is -2.04. The van der Waals surface area contributed by atoms with Gasteiger partial charge in [0.05, 0.1) is 18.2 Å². The molecule has 0 atom stereocenters. The first-order chi connectivity index (χ1) is 13.0. The maximum absolute atomic E-state index is 12.6. The molecule has 0 unspecified atom stereocenters. The summed E-state index contributed by atoms with van der Waals surface area (Å²) in [7, 11) is 0. The quantitative estimate of drug-likeness (QED) is 0.341. The predicted molar refractivity (Wildman–Crippen MR) is 111 cm³/mol. The molecule has 2 aromatic rings. The molecule has 0 N–H and O–H groups in total. The molecule has 2 rings (SSSR count). The van der Waals surface area contributed by atoms with E-state index in [2.05, 4.69) is 15.9 Å². The highest BCUT2D eigenvalue weighted by Gasteiger charge is 2.09. The Morgan fingerprint density at radius 1 is 1.00 bits per heavy atom. The summed E-state index contributed by atoms with van der Waals surface area (Å²) in [5.74, 6) is 1.99. The van der Waals surface area contributed by atoms with Gasteiger partial charge in [0.2, 0.25) is 0 Å². The van der Waals surface area contributed by atoms with Crippen molar-refractivity contribution in [2.45, 2.75) is 19.8 Å². The van der Waals surface area contributed by atoms with Crippen LogP contribution >= 0.6 is 39.1 Å². The number of ether oxygens (including phenoxy) is 3. The molecular weight excluding hydrogens is 458 g/mol. The molecule has 0 fully saturated rings. The molecule has 0 aliphatic heterocycles. The third-order valence-corrected chi connectivity index (χ3v) is 4.41. The van der Waals surface area contributed by atoms with Gasteiger partial charge in [-0.25, -0.2) is 0 Å². The number of aryl methyl sites for hydroxylation is 1. The molecule has 0 saturated heterocycles. The molecule has 2 aromatic carbocycles. The van der Waals surface area contributed by atoms with Gasteiger partial charge in [0.1, 0.15) is 23.9 Å². The molecule has 0 aliphatic rings. The van der Waals surface area contributed by atoms with E-state index < -0.39 is 4.74 Å². The topological polar surface area (TPSA) is 27.7 Å². The Morgan fingerprint density at radius 3 is 2.30 bits per heavy atom. The largest absolute Gasteiger partial charge is 0.494 e. The molecular formula is C20H20BrCl2FO3. The van der Waals surface area contributed by atoms with Crippen molar-refractivity contribution in [2.24, 2.45) is 0 Å². The second-order valence-corrected chi connectivity index (χ2v) is 7.32. The Morgan fingerprint density at radius 2 is 1.67 bits per heavy atom. The van der Waals surface area contributed by atoms with Crippen LogP contribution in [0, 0.1) is 6.92 Å². The van der Waals surface area contributed by atoms with E-state index in [1.54, 1.807) is 18.2 Å². The Labute approximate surface area is 177 Å². The normalized spacial score (nSPS) is 11.4. The second-order valence-electron chi connectivity index (χ2n) is 5.71. The SMILES string of the molecule is Cc1cc(OCC=C(F)Br)cc(Cl)c1OCCCCOc1ccc(Cl)cc1. The van der Waals surface area contributed by atoms with E-state index in [0.29, 0.717) is 34.8 Å². The minimum atomic E-state index is -0.467. The number of unbranched alkanes of at least 4 members (excludes halogenated alkanes) is 1. The first-order valence-corrected chi connectivity index (χ1v) is 9.96. The van der Waals surface area contributed by atoms with Crippen molar-refractivity contribution < 1.29 is 18.6 Å². The smallest absolute Gasteiger partial charge is 0.165 e. The van der Waals surface area contributed by atoms with Gasteiger partial charge >= 0.3 is 0 Å². The van der Waals surface area contributed by atoms with E-state index in [1.807, 2.05) is 25.1 Å². The molecule has 0 aliphatic carbocycles. The second kappa shape index (κ2) is 11.4. The first-order valence-electron chi connectivity index (χ1n) is 8.41. The number of hydrogen-bond donors (Lipinski definition) is 0. The van der Waals surface area contributed by atoms with Crippen LogP contribution in [0.5, 0.6) is 17.2 Å². The van der Waals surface area contributed by atoms with Crippen LogP contribution in [0.25, 0.3) is 0 Å². The lowest BCUT2D eigenvalue weighted by Gasteiger charge is -2.13. The first kappa shape index (κ1) is 21.9. The van der Waals surface area contributed by atoms with Crippen LogP contribution in [0.1, 0.15) is 18.4 Å². The average molecular weight is 478 g/mol. The summed E-state index contributed by atoms with van der Waals surface area (Å²) in [5, 5.41) is 1.15. The summed E-state index contributed by atoms with van der Waals surface area (Å²) in [4.78, 5) is 0. The summed E-state index contributed by atoms with van der Waals surface area (Å²) >= 11 is 14.8. The Kier molecular flexibility index (Phi) is 9.25. The van der Waals surface area contributed by atoms with E-state index in [0.717, 1.165) is 24.2 Å². The van der Waals surface area contributed by atoms with Crippen molar-refractivity contribution in [1.82, 2.24) is 0 Å². The van der Waals surface area contributed by atoms with E-state index in [9.17, 15) is 4.39 Å². The summed E-state index contributed by atoms with van der Waals surface area (Å²) in [6.07, 6.45) is 2.96. The fraction of sp³-hybridized carbons (Fsp3) is 0.300. The lowest BCUT2D eigenvalue weighted by molar-refractivity contribution is 0.265. The molecule has 0 aromatic heterocycles. The van der Waals surface area contributed by atoms with Gasteiger partial charge in [-0.15, -0.1) is 0 Å². The number of hydrogen-bond acceptors (Lipinski definition) is 3. The molecule has 0 heterocycles. The zero-order valence-corrected chi connectivity index (χ0v) is 17.9. The summed E-state index contributed by atoms with van der Waals surface area (Å²) in [5.41, 5.74) is 0.859. The van der Waals surface area contributed by atoms with Crippen molar-refractivity contribution in [3.63, 3.8) is 0 Å². The molecule has 146 valence electrons. The van der Waals surface area contributed by atoms with Crippen LogP contribution in [-0.2, 0) is 0 Å². The van der Waals surface area contributed by atoms with Crippen molar-refractivity contribution >= 4 is 39.1 Å². The number of halogens is 4. The van der Waals surface area contributed by atoms with Gasteiger partial charge in [0, 0.05) is 11.1 Å². The van der Waals surface area contributed by atoms with Gasteiger partial charge in [-0.2, -0.15) is 4.39 Å². The zero-order chi connectivity index (χ0) is 19.6. The van der Waals surface area contributed by atoms with Gasteiger partial charge in [0.15, 0.2) is 4.74 Å². The lowest BCUT2D eigenvalue weighted by atomic mass is 10.2. The fourth-order valence-corrected chi connectivity index (χ4v) is 2.83. The maximum atomic E-state index is 12.6. The Hall–Kier alpha value is -1.43. The highest BCUT2D eigenvalue weighted by molar-refractivity contribution is 9.11. The van der Waals surface area contributed by atoms with Crippen molar-refractivity contribution in [2.75, 3.05) is 19.8 Å². The molecule has 0 saturated carbocycles. The molecule has 3 nitrogen and oxygen atoms in total. The van der Waals surface area contributed by atoms with E-state index in [4.69, 9.17) is 37.4 Å². The highest BCUT2D eigenvalue weighted by atomic mass is 79.9. The van der Waals surface area contributed by atoms with Gasteiger partial charge < -0.3 is 14.2 Å². The van der Waals surface area contributed by atoms with Gasteiger partial charge in [-0.1, -0.05) is 23.2 Å². The molecule has 7 heteroatoms. The van der Waals surface area contributed by atoms with E-state index in [1.165, 1.54) is 6.08 Å². The standard InChI is InChI=1S/C20H20BrCl2FO3/c1-14-12-17(26-11-8-19(21)24)13-18(23)20(14)27-10-3-2-9-25-16-6-4-15(22)5-7-16/h4-8,12-13H,2-3,9-11H2,1H3. The highest BCUT2D eigenvalue weighted by Crippen LogP contribution is 2.33. The minimum absolute atomic E-state index is 0.112. The summed E-state index contributed by atoms with van der Waals surface area (Å²) < 4.78 is 29.0. The molecule has 0 radical (unpaired) electrons. The maximum Gasteiger partial charge on any atom is 0.165 e. The third-order valence-electron chi connectivity index (χ3n) is 3.56. The Bertz CT molecular complexity index is 739. The molecule has 0 amide bonds. The minimum Gasteiger partial charge on any atom is -0.494 e. The molecule has 27 heavy (non-hydrogen) atoms. The summed E-state index contributed by atoms with van der Waals surface area (Å²) in [6.45, 7) is 3.13. The Balaban J connectivity index is 1.73. The monoisotopic (exact) mass is 476 g/mol. The number of benzene rings is 2. The zero-order valence-electron chi connectivity index (χ0n) is 14.8. The average Bonchev–Trinajstić information content (AvgIpc) is 2.61.